The second-order valence-electron chi connectivity index (χ2n) is 3.66. The van der Waals surface area contributed by atoms with Crippen molar-refractivity contribution >= 4 is 23.1 Å². The van der Waals surface area contributed by atoms with E-state index in [9.17, 15) is 14.7 Å². The molecule has 0 aliphatic heterocycles. The molecule has 1 aromatic carbocycles. The maximum Gasteiger partial charge on any atom is 0.248 e. The van der Waals surface area contributed by atoms with E-state index in [1.165, 1.54) is 6.92 Å². The number of benzene rings is 1. The molecule has 0 aromatic heterocycles. The van der Waals surface area contributed by atoms with Crippen molar-refractivity contribution in [1.82, 2.24) is 0 Å². The largest absolute Gasteiger partial charge is 0.398 e. The maximum absolute atomic E-state index is 11.2. The zero-order valence-electron chi connectivity index (χ0n) is 9.43. The Balaban J connectivity index is 2.76. The van der Waals surface area contributed by atoms with Gasteiger partial charge < -0.3 is 21.9 Å². The summed E-state index contributed by atoms with van der Waals surface area (Å²) >= 11 is 0. The van der Waals surface area contributed by atoms with E-state index in [1.54, 1.807) is 18.2 Å². The number of carbonyl (C=O) groups is 2. The molecule has 1 atom stereocenters. The number of aliphatic hydroxyl groups excluding tert-OH is 1. The standard InChI is InChI=1S/C11H15N3O3/c1-6(15)8-4-7(2-3-9(8)12)14-5-10(16)11(13)17/h2-4,10,14,16H,5,12H2,1H3,(H2,13,17). The Morgan fingerprint density at radius 1 is 1.47 bits per heavy atom. The van der Waals surface area contributed by atoms with E-state index in [4.69, 9.17) is 11.5 Å². The molecule has 0 radical (unpaired) electrons. The molecule has 1 amide bonds. The number of amides is 1. The van der Waals surface area contributed by atoms with Crippen molar-refractivity contribution in [1.29, 1.82) is 0 Å². The molecule has 1 rings (SSSR count). The number of ketones is 1. The summed E-state index contributed by atoms with van der Waals surface area (Å²) in [5.41, 5.74) is 11.9. The topological polar surface area (TPSA) is 118 Å². The molecule has 1 aromatic rings. The molecule has 17 heavy (non-hydrogen) atoms. The normalized spacial score (nSPS) is 11.9. The molecule has 0 aliphatic carbocycles. The van der Waals surface area contributed by atoms with Crippen LogP contribution in [-0.4, -0.2) is 29.4 Å². The lowest BCUT2D eigenvalue weighted by Crippen LogP contribution is -2.34. The van der Waals surface area contributed by atoms with Crippen LogP contribution in [0.2, 0.25) is 0 Å². The number of anilines is 2. The van der Waals surface area contributed by atoms with Crippen molar-refractivity contribution in [2.24, 2.45) is 5.73 Å². The number of carbonyl (C=O) groups excluding carboxylic acids is 2. The highest BCUT2D eigenvalue weighted by Crippen LogP contribution is 2.18. The predicted molar refractivity (Wildman–Crippen MR) is 64.5 cm³/mol. The van der Waals surface area contributed by atoms with E-state index in [0.717, 1.165) is 0 Å². The van der Waals surface area contributed by atoms with E-state index in [2.05, 4.69) is 5.32 Å². The summed E-state index contributed by atoms with van der Waals surface area (Å²) in [5, 5.41) is 12.0. The lowest BCUT2D eigenvalue weighted by molar-refractivity contribution is -0.125. The van der Waals surface area contributed by atoms with Crippen molar-refractivity contribution in [3.05, 3.63) is 23.8 Å². The van der Waals surface area contributed by atoms with Crippen LogP contribution in [-0.2, 0) is 4.79 Å². The lowest BCUT2D eigenvalue weighted by atomic mass is 10.1. The Bertz CT molecular complexity index is 446. The van der Waals surface area contributed by atoms with Gasteiger partial charge in [-0.15, -0.1) is 0 Å². The fourth-order valence-corrected chi connectivity index (χ4v) is 1.29. The molecule has 6 heteroatoms. The van der Waals surface area contributed by atoms with Crippen LogP contribution in [0.15, 0.2) is 18.2 Å². The Morgan fingerprint density at radius 2 is 2.12 bits per heavy atom. The zero-order chi connectivity index (χ0) is 13.0. The van der Waals surface area contributed by atoms with E-state index in [1.807, 2.05) is 0 Å². The van der Waals surface area contributed by atoms with Crippen molar-refractivity contribution in [2.45, 2.75) is 13.0 Å². The van der Waals surface area contributed by atoms with Gasteiger partial charge in [0.1, 0.15) is 6.10 Å². The number of nitrogen functional groups attached to an aromatic ring is 1. The van der Waals surface area contributed by atoms with E-state index in [-0.39, 0.29) is 12.3 Å². The van der Waals surface area contributed by atoms with Gasteiger partial charge in [0, 0.05) is 23.5 Å². The first-order chi connectivity index (χ1) is 7.91. The first-order valence-electron chi connectivity index (χ1n) is 5.03. The monoisotopic (exact) mass is 237 g/mol. The van der Waals surface area contributed by atoms with Crippen LogP contribution < -0.4 is 16.8 Å². The molecule has 0 fully saturated rings. The smallest absolute Gasteiger partial charge is 0.248 e. The minimum Gasteiger partial charge on any atom is -0.398 e. The van der Waals surface area contributed by atoms with Gasteiger partial charge in [0.05, 0.1) is 0 Å². The average Bonchev–Trinajstić information content (AvgIpc) is 2.26. The number of nitrogens with one attached hydrogen (secondary N) is 1. The summed E-state index contributed by atoms with van der Waals surface area (Å²) in [6.45, 7) is 1.39. The molecule has 6 nitrogen and oxygen atoms in total. The molecule has 92 valence electrons. The Morgan fingerprint density at radius 3 is 2.65 bits per heavy atom. The van der Waals surface area contributed by atoms with Crippen molar-refractivity contribution in [3.8, 4) is 0 Å². The highest BCUT2D eigenvalue weighted by Gasteiger charge is 2.11. The minimum atomic E-state index is -1.27. The van der Waals surface area contributed by atoms with Crippen LogP contribution in [0.4, 0.5) is 11.4 Å². The predicted octanol–water partition coefficient (Wildman–Crippen LogP) is -0.271. The number of Topliss-reactive ketones (excluding diaryl/α,β-unsaturated/α-hetero) is 1. The summed E-state index contributed by atoms with van der Waals surface area (Å²) in [5.74, 6) is -0.957. The van der Waals surface area contributed by atoms with Crippen molar-refractivity contribution in [2.75, 3.05) is 17.6 Å². The molecule has 6 N–H and O–H groups in total. The SMILES string of the molecule is CC(=O)c1cc(NCC(O)C(N)=O)ccc1N. The summed E-state index contributed by atoms with van der Waals surface area (Å²) in [7, 11) is 0. The summed E-state index contributed by atoms with van der Waals surface area (Å²) in [6, 6.07) is 4.79. The van der Waals surface area contributed by atoms with Crippen LogP contribution in [0.3, 0.4) is 0 Å². The fraction of sp³-hybridized carbons (Fsp3) is 0.273. The minimum absolute atomic E-state index is 0.0173. The van der Waals surface area contributed by atoms with Gasteiger partial charge in [0.15, 0.2) is 5.78 Å². The number of nitrogens with two attached hydrogens (primary N) is 2. The molecule has 1 unspecified atom stereocenters. The van der Waals surface area contributed by atoms with Crippen LogP contribution in [0.5, 0.6) is 0 Å². The van der Waals surface area contributed by atoms with Gasteiger partial charge in [-0.05, 0) is 25.1 Å². The highest BCUT2D eigenvalue weighted by atomic mass is 16.3. The molecular formula is C11H15N3O3. The quantitative estimate of drug-likeness (QED) is 0.415. The number of hydrogen-bond acceptors (Lipinski definition) is 5. The second kappa shape index (κ2) is 5.31. The lowest BCUT2D eigenvalue weighted by Gasteiger charge is -2.11. The molecule has 0 aliphatic rings. The summed E-state index contributed by atoms with van der Waals surface area (Å²) in [6.07, 6.45) is -1.27. The van der Waals surface area contributed by atoms with Gasteiger partial charge in [-0.25, -0.2) is 0 Å². The average molecular weight is 237 g/mol. The van der Waals surface area contributed by atoms with Gasteiger partial charge in [0.2, 0.25) is 5.91 Å². The molecule has 0 saturated carbocycles. The van der Waals surface area contributed by atoms with Gasteiger partial charge >= 0.3 is 0 Å². The number of rotatable bonds is 5. The van der Waals surface area contributed by atoms with Crippen LogP contribution in [0.25, 0.3) is 0 Å². The zero-order valence-corrected chi connectivity index (χ0v) is 9.43. The number of primary amides is 1. The van der Waals surface area contributed by atoms with Gasteiger partial charge in [0.25, 0.3) is 0 Å². The van der Waals surface area contributed by atoms with Gasteiger partial charge in [-0.1, -0.05) is 0 Å². The first kappa shape index (κ1) is 13.0. The van der Waals surface area contributed by atoms with Gasteiger partial charge in [-0.3, -0.25) is 9.59 Å². The van der Waals surface area contributed by atoms with E-state index in [0.29, 0.717) is 16.9 Å². The molecule has 0 spiro atoms. The Hall–Kier alpha value is -2.08. The fourth-order valence-electron chi connectivity index (χ4n) is 1.29. The van der Waals surface area contributed by atoms with Crippen LogP contribution >= 0.6 is 0 Å². The molecule has 0 bridgehead atoms. The summed E-state index contributed by atoms with van der Waals surface area (Å²) in [4.78, 5) is 21.8. The van der Waals surface area contributed by atoms with Gasteiger partial charge in [-0.2, -0.15) is 0 Å². The van der Waals surface area contributed by atoms with E-state index < -0.39 is 12.0 Å². The third-order valence-corrected chi connectivity index (χ3v) is 2.26. The van der Waals surface area contributed by atoms with Crippen LogP contribution in [0, 0.1) is 0 Å². The second-order valence-corrected chi connectivity index (χ2v) is 3.66. The van der Waals surface area contributed by atoms with Crippen molar-refractivity contribution in [3.63, 3.8) is 0 Å². The maximum atomic E-state index is 11.2. The molecule has 0 heterocycles. The highest BCUT2D eigenvalue weighted by molar-refractivity contribution is 6.00. The van der Waals surface area contributed by atoms with E-state index >= 15 is 0 Å². The van der Waals surface area contributed by atoms with Crippen molar-refractivity contribution < 1.29 is 14.7 Å². The third-order valence-electron chi connectivity index (χ3n) is 2.26. The number of aliphatic hydroxyl groups is 1. The van der Waals surface area contributed by atoms with Crippen LogP contribution in [0.1, 0.15) is 17.3 Å². The third kappa shape index (κ3) is 3.46. The molecular weight excluding hydrogens is 222 g/mol. The Kier molecular flexibility index (Phi) is 4.06. The number of hydrogen-bond donors (Lipinski definition) is 4. The summed E-state index contributed by atoms with van der Waals surface area (Å²) < 4.78 is 0. The Labute approximate surface area is 98.6 Å². The molecule has 0 saturated heterocycles. The first-order valence-corrected chi connectivity index (χ1v) is 5.03.